The number of hydrogen-bond donors (Lipinski definition) is 7. The van der Waals surface area contributed by atoms with Crippen LogP contribution in [0.5, 0.6) is 0 Å². The second kappa shape index (κ2) is 4.53. The summed E-state index contributed by atoms with van der Waals surface area (Å²) in [6.07, 6.45) is -4.34. The third kappa shape index (κ3) is 2.64. The minimum atomic E-state index is -2.76. The summed E-state index contributed by atoms with van der Waals surface area (Å²) in [6, 6.07) is 0. The van der Waals surface area contributed by atoms with Gasteiger partial charge in [-0.05, 0) is 0 Å². The van der Waals surface area contributed by atoms with Crippen LogP contribution in [0.25, 0.3) is 0 Å². The van der Waals surface area contributed by atoms with Crippen molar-refractivity contribution in [1.82, 2.24) is 0 Å². The standard InChI is InChI=1S/C6H13NO6S/c7-5(12,2-9)4(11)6(13,14)3(10)1-8/h2-4,8,10-14H,1,7H2/t3?,4?,5-,6-/m0/s1. The summed E-state index contributed by atoms with van der Waals surface area (Å²) in [5.41, 5.74) is 2.12. The van der Waals surface area contributed by atoms with E-state index in [1.165, 1.54) is 0 Å². The van der Waals surface area contributed by atoms with Crippen LogP contribution in [0.2, 0.25) is 0 Å². The monoisotopic (exact) mass is 227 g/mol. The van der Waals surface area contributed by atoms with Crippen molar-refractivity contribution < 1.29 is 30.3 Å². The number of aldehydes is 1. The Bertz CT molecular complexity index is 208. The van der Waals surface area contributed by atoms with E-state index in [4.69, 9.17) is 21.1 Å². The van der Waals surface area contributed by atoms with Crippen LogP contribution < -0.4 is 5.73 Å². The Kier molecular flexibility index (Phi) is 4.46. The van der Waals surface area contributed by atoms with Gasteiger partial charge in [-0.1, -0.05) is 0 Å². The van der Waals surface area contributed by atoms with Crippen molar-refractivity contribution in [3.05, 3.63) is 0 Å². The summed E-state index contributed by atoms with van der Waals surface area (Å²) in [6.45, 7) is -0.925. The maximum atomic E-state index is 10.2. The smallest absolute Gasteiger partial charge is 0.200 e. The van der Waals surface area contributed by atoms with Crippen LogP contribution in [0.1, 0.15) is 0 Å². The van der Waals surface area contributed by atoms with E-state index in [0.717, 1.165) is 0 Å². The van der Waals surface area contributed by atoms with Crippen molar-refractivity contribution >= 4 is 18.9 Å². The van der Waals surface area contributed by atoms with Gasteiger partial charge in [0, 0.05) is 0 Å². The lowest BCUT2D eigenvalue weighted by Gasteiger charge is -2.36. The average Bonchev–Trinajstić information content (AvgIpc) is 2.15. The van der Waals surface area contributed by atoms with Gasteiger partial charge in [0.1, 0.15) is 12.2 Å². The molecule has 14 heavy (non-hydrogen) atoms. The quantitative estimate of drug-likeness (QED) is 0.145. The molecule has 7 N–H and O–H groups in total. The fourth-order valence-corrected chi connectivity index (χ4v) is 1.01. The highest BCUT2D eigenvalue weighted by molar-refractivity contribution is 7.81. The second-order valence-corrected chi connectivity index (χ2v) is 3.61. The number of carbonyl (C=O) groups is 1. The van der Waals surface area contributed by atoms with Crippen molar-refractivity contribution in [2.24, 2.45) is 5.73 Å². The van der Waals surface area contributed by atoms with Gasteiger partial charge in [-0.3, -0.25) is 10.5 Å². The molecule has 0 aliphatic heterocycles. The van der Waals surface area contributed by atoms with Gasteiger partial charge < -0.3 is 25.5 Å². The summed E-state index contributed by atoms with van der Waals surface area (Å²) in [7, 11) is 0. The average molecular weight is 227 g/mol. The fourth-order valence-electron chi connectivity index (χ4n) is 0.721. The summed E-state index contributed by atoms with van der Waals surface area (Å²) in [4.78, 5) is 7.60. The topological polar surface area (TPSA) is 144 Å². The van der Waals surface area contributed by atoms with E-state index in [0.29, 0.717) is 0 Å². The maximum Gasteiger partial charge on any atom is 0.200 e. The summed E-state index contributed by atoms with van der Waals surface area (Å²) in [5.74, 6) is 0. The molecule has 0 fully saturated rings. The van der Waals surface area contributed by atoms with E-state index in [1.54, 1.807) is 0 Å². The Balaban J connectivity index is 4.82. The van der Waals surface area contributed by atoms with Crippen molar-refractivity contribution in [3.8, 4) is 0 Å². The summed E-state index contributed by atoms with van der Waals surface area (Å²) >= 11 is 3.40. The molecule has 0 saturated heterocycles. The molecule has 8 heteroatoms. The minimum Gasteiger partial charge on any atom is -0.394 e. The van der Waals surface area contributed by atoms with Gasteiger partial charge in [-0.15, -0.1) is 12.6 Å². The number of carbonyl (C=O) groups excluding carboxylic acids is 1. The number of hydrogen-bond acceptors (Lipinski definition) is 8. The Morgan fingerprint density at radius 3 is 2.14 bits per heavy atom. The first-order valence-electron chi connectivity index (χ1n) is 3.59. The molecule has 0 radical (unpaired) electrons. The van der Waals surface area contributed by atoms with Crippen molar-refractivity contribution in [1.29, 1.82) is 0 Å². The Hall–Kier alpha value is -0.220. The third-order valence-corrected chi connectivity index (χ3v) is 2.24. The maximum absolute atomic E-state index is 10.2. The largest absolute Gasteiger partial charge is 0.394 e. The highest BCUT2D eigenvalue weighted by Gasteiger charge is 2.49. The lowest BCUT2D eigenvalue weighted by atomic mass is 9.99. The first kappa shape index (κ1) is 13.8. The minimum absolute atomic E-state index is 0.219. The Labute approximate surface area is 85.2 Å². The van der Waals surface area contributed by atoms with Crippen LogP contribution in [0.15, 0.2) is 0 Å². The Morgan fingerprint density at radius 2 is 1.86 bits per heavy atom. The molecular formula is C6H13NO6S. The molecule has 0 aromatic carbocycles. The van der Waals surface area contributed by atoms with Crippen LogP contribution in [-0.2, 0) is 4.79 Å². The van der Waals surface area contributed by atoms with Gasteiger partial charge in [0.15, 0.2) is 11.2 Å². The first-order valence-corrected chi connectivity index (χ1v) is 4.04. The molecule has 0 aliphatic rings. The molecule has 0 spiro atoms. The zero-order chi connectivity index (χ0) is 11.6. The molecule has 84 valence electrons. The number of aliphatic hydroxyl groups is 5. The molecule has 0 aromatic rings. The zero-order valence-corrected chi connectivity index (χ0v) is 8.00. The number of nitrogens with two attached hydrogens (primary N) is 1. The van der Waals surface area contributed by atoms with Gasteiger partial charge >= 0.3 is 0 Å². The normalized spacial score (nSPS) is 24.5. The number of thiol groups is 1. The fraction of sp³-hybridized carbons (Fsp3) is 0.833. The third-order valence-electron chi connectivity index (χ3n) is 1.69. The van der Waals surface area contributed by atoms with E-state index < -0.39 is 29.5 Å². The lowest BCUT2D eigenvalue weighted by molar-refractivity contribution is -0.173. The van der Waals surface area contributed by atoms with Crippen LogP contribution in [0.4, 0.5) is 0 Å². The van der Waals surface area contributed by atoms with E-state index in [9.17, 15) is 15.0 Å². The molecule has 0 heterocycles. The van der Waals surface area contributed by atoms with E-state index >= 15 is 0 Å². The predicted molar refractivity (Wildman–Crippen MR) is 48.2 cm³/mol. The van der Waals surface area contributed by atoms with Gasteiger partial charge in [-0.25, -0.2) is 0 Å². The van der Waals surface area contributed by atoms with Crippen LogP contribution in [-0.4, -0.2) is 61.3 Å². The molecule has 4 atom stereocenters. The lowest BCUT2D eigenvalue weighted by Crippen LogP contribution is -2.64. The van der Waals surface area contributed by atoms with Crippen LogP contribution >= 0.6 is 12.6 Å². The van der Waals surface area contributed by atoms with E-state index in [1.807, 2.05) is 0 Å². The first-order chi connectivity index (χ1) is 6.20. The summed E-state index contributed by atoms with van der Waals surface area (Å²) < 4.78 is 0. The number of rotatable bonds is 5. The van der Waals surface area contributed by atoms with Crippen LogP contribution in [0.3, 0.4) is 0 Å². The SMILES string of the molecule is N[C@](O)(C=O)C(O)[C@@](O)(S)C(O)CO. The van der Waals surface area contributed by atoms with Gasteiger partial charge in [0.25, 0.3) is 0 Å². The van der Waals surface area contributed by atoms with Gasteiger partial charge in [0.2, 0.25) is 5.72 Å². The van der Waals surface area contributed by atoms with Crippen molar-refractivity contribution in [2.45, 2.75) is 22.9 Å². The predicted octanol–water partition coefficient (Wildman–Crippen LogP) is -3.83. The summed E-state index contributed by atoms with van der Waals surface area (Å²) in [5, 5.41) is 45.0. The highest BCUT2D eigenvalue weighted by atomic mass is 32.1. The molecule has 2 unspecified atom stereocenters. The molecule has 7 nitrogen and oxygen atoms in total. The molecule has 0 aliphatic carbocycles. The van der Waals surface area contributed by atoms with E-state index in [2.05, 4.69) is 12.6 Å². The molecule has 0 amide bonds. The molecule has 0 saturated carbocycles. The molecule has 0 bridgehead atoms. The van der Waals surface area contributed by atoms with Gasteiger partial charge in [0.05, 0.1) is 6.61 Å². The highest BCUT2D eigenvalue weighted by Crippen LogP contribution is 2.25. The second-order valence-electron chi connectivity index (χ2n) is 2.89. The van der Waals surface area contributed by atoms with E-state index in [-0.39, 0.29) is 6.29 Å². The molecule has 0 rings (SSSR count). The Morgan fingerprint density at radius 1 is 1.43 bits per heavy atom. The van der Waals surface area contributed by atoms with Crippen molar-refractivity contribution in [2.75, 3.05) is 6.61 Å². The molecular weight excluding hydrogens is 214 g/mol. The zero-order valence-electron chi connectivity index (χ0n) is 7.11. The van der Waals surface area contributed by atoms with Crippen LogP contribution in [0, 0.1) is 0 Å². The van der Waals surface area contributed by atoms with Gasteiger partial charge in [-0.2, -0.15) is 0 Å². The number of aliphatic hydroxyl groups excluding tert-OH is 3. The van der Waals surface area contributed by atoms with Crippen molar-refractivity contribution in [3.63, 3.8) is 0 Å². The molecule has 0 aromatic heterocycles.